The topological polar surface area (TPSA) is 58.2 Å². The highest BCUT2D eigenvalue weighted by molar-refractivity contribution is 9.11. The summed E-state index contributed by atoms with van der Waals surface area (Å²) in [6.07, 6.45) is 0. The van der Waals surface area contributed by atoms with Gasteiger partial charge in [-0.05, 0) is 59.7 Å². The van der Waals surface area contributed by atoms with Crippen LogP contribution in [0.4, 0.5) is 5.69 Å². The molecule has 1 aromatic heterocycles. The Morgan fingerprint density at radius 2 is 2.00 bits per heavy atom. The van der Waals surface area contributed by atoms with Crippen molar-refractivity contribution in [2.24, 2.45) is 0 Å². The zero-order valence-electron chi connectivity index (χ0n) is 11.1. The molecular weight excluding hydrogens is 360 g/mol. The fraction of sp³-hybridized carbons (Fsp3) is 0.231. The van der Waals surface area contributed by atoms with Crippen molar-refractivity contribution in [3.63, 3.8) is 0 Å². The first kappa shape index (κ1) is 15.5. The average molecular weight is 375 g/mol. The highest BCUT2D eigenvalue weighted by Crippen LogP contribution is 2.24. The minimum atomic E-state index is -3.43. The number of hydrogen-bond donors (Lipinski definition) is 2. The first-order valence-electron chi connectivity index (χ1n) is 5.94. The minimum absolute atomic E-state index is 0.303. The molecule has 0 aliphatic rings. The largest absolute Gasteiger partial charge is 0.380 e. The first-order valence-corrected chi connectivity index (χ1v) is 9.04. The van der Waals surface area contributed by atoms with Crippen molar-refractivity contribution in [2.75, 3.05) is 12.4 Å². The number of benzene rings is 1. The number of hydrogen-bond acceptors (Lipinski definition) is 4. The minimum Gasteiger partial charge on any atom is -0.380 e. The van der Waals surface area contributed by atoms with E-state index in [0.29, 0.717) is 11.4 Å². The van der Waals surface area contributed by atoms with Crippen LogP contribution in [-0.2, 0) is 16.6 Å². The van der Waals surface area contributed by atoms with E-state index in [2.05, 4.69) is 26.0 Å². The summed E-state index contributed by atoms with van der Waals surface area (Å²) in [7, 11) is -2.01. The van der Waals surface area contributed by atoms with E-state index >= 15 is 0 Å². The summed E-state index contributed by atoms with van der Waals surface area (Å²) in [5, 5.41) is 3.24. The van der Waals surface area contributed by atoms with Gasteiger partial charge in [-0.3, -0.25) is 0 Å². The fourth-order valence-electron chi connectivity index (χ4n) is 1.75. The van der Waals surface area contributed by atoms with Crippen molar-refractivity contribution in [2.45, 2.75) is 18.4 Å². The molecule has 2 rings (SSSR count). The molecule has 0 fully saturated rings. The maximum absolute atomic E-state index is 11.9. The third-order valence-electron chi connectivity index (χ3n) is 2.84. The number of nitrogens with one attached hydrogen (secondary N) is 2. The smallest absolute Gasteiger partial charge is 0.240 e. The van der Waals surface area contributed by atoms with Crippen LogP contribution in [0, 0.1) is 6.92 Å². The molecule has 0 aliphatic heterocycles. The number of halogens is 1. The van der Waals surface area contributed by atoms with E-state index < -0.39 is 10.0 Å². The number of rotatable bonds is 5. The monoisotopic (exact) mass is 374 g/mol. The lowest BCUT2D eigenvalue weighted by atomic mass is 10.2. The molecule has 108 valence electrons. The van der Waals surface area contributed by atoms with E-state index in [1.807, 2.05) is 18.2 Å². The van der Waals surface area contributed by atoms with Gasteiger partial charge in [-0.15, -0.1) is 11.3 Å². The zero-order chi connectivity index (χ0) is 14.8. The average Bonchev–Trinajstić information content (AvgIpc) is 2.83. The van der Waals surface area contributed by atoms with Crippen molar-refractivity contribution in [3.8, 4) is 0 Å². The second kappa shape index (κ2) is 6.26. The second-order valence-corrected chi connectivity index (χ2v) is 8.65. The molecule has 1 heterocycles. The van der Waals surface area contributed by atoms with Crippen LogP contribution < -0.4 is 10.0 Å². The Bertz CT molecular complexity index is 711. The molecule has 0 amide bonds. The number of aryl methyl sites for hydroxylation is 1. The Morgan fingerprint density at radius 3 is 2.60 bits per heavy atom. The van der Waals surface area contributed by atoms with E-state index in [-0.39, 0.29) is 0 Å². The van der Waals surface area contributed by atoms with Gasteiger partial charge in [0.1, 0.15) is 0 Å². The van der Waals surface area contributed by atoms with E-state index in [9.17, 15) is 8.42 Å². The van der Waals surface area contributed by atoms with Crippen molar-refractivity contribution in [1.29, 1.82) is 0 Å². The summed E-state index contributed by atoms with van der Waals surface area (Å²) in [5.74, 6) is 0. The molecule has 0 aliphatic carbocycles. The Labute approximate surface area is 131 Å². The van der Waals surface area contributed by atoms with Crippen LogP contribution in [0.2, 0.25) is 0 Å². The van der Waals surface area contributed by atoms with Gasteiger partial charge in [-0.2, -0.15) is 0 Å². The lowest BCUT2D eigenvalue weighted by Crippen LogP contribution is -2.19. The van der Waals surface area contributed by atoms with E-state index in [1.54, 1.807) is 30.4 Å². The maximum atomic E-state index is 11.9. The summed E-state index contributed by atoms with van der Waals surface area (Å²) in [6.45, 7) is 2.45. The van der Waals surface area contributed by atoms with Crippen LogP contribution in [-0.4, -0.2) is 15.5 Å². The Kier molecular flexibility index (Phi) is 4.85. The predicted octanol–water partition coefficient (Wildman–Crippen LogP) is 3.34. The fourth-order valence-corrected chi connectivity index (χ4v) is 4.16. The molecule has 0 bridgehead atoms. The van der Waals surface area contributed by atoms with E-state index in [0.717, 1.165) is 15.0 Å². The summed E-state index contributed by atoms with van der Waals surface area (Å²) >= 11 is 5.07. The molecule has 0 unspecified atom stereocenters. The third-order valence-corrected chi connectivity index (χ3v) is 6.02. The molecule has 0 saturated heterocycles. The van der Waals surface area contributed by atoms with Crippen molar-refractivity contribution in [1.82, 2.24) is 4.72 Å². The van der Waals surface area contributed by atoms with Gasteiger partial charge in [0.2, 0.25) is 10.0 Å². The van der Waals surface area contributed by atoms with Gasteiger partial charge >= 0.3 is 0 Å². The standard InChI is InChI=1S/C13H15BrN2O2S2/c1-9-3-4-10(7-12(9)20(17,18)15-2)16-8-11-5-6-13(14)19-11/h3-7,15-16H,8H2,1-2H3. The third kappa shape index (κ3) is 3.60. The summed E-state index contributed by atoms with van der Waals surface area (Å²) < 4.78 is 27.2. The first-order chi connectivity index (χ1) is 9.42. The van der Waals surface area contributed by atoms with Crippen LogP contribution in [0.25, 0.3) is 0 Å². The summed E-state index contributed by atoms with van der Waals surface area (Å²) in [6, 6.07) is 9.36. The number of thiophene rings is 1. The Balaban J connectivity index is 2.19. The van der Waals surface area contributed by atoms with E-state index in [1.165, 1.54) is 11.9 Å². The molecule has 1 aromatic carbocycles. The van der Waals surface area contributed by atoms with Gasteiger partial charge in [0.05, 0.1) is 8.68 Å². The molecular formula is C13H15BrN2O2S2. The van der Waals surface area contributed by atoms with Crippen LogP contribution in [0.15, 0.2) is 39.0 Å². The summed E-state index contributed by atoms with van der Waals surface area (Å²) in [5.41, 5.74) is 1.51. The van der Waals surface area contributed by atoms with Crippen LogP contribution >= 0.6 is 27.3 Å². The molecule has 0 saturated carbocycles. The van der Waals surface area contributed by atoms with Crippen molar-refractivity contribution >= 4 is 43.0 Å². The molecule has 2 aromatic rings. The van der Waals surface area contributed by atoms with Crippen LogP contribution in [0.1, 0.15) is 10.4 Å². The van der Waals surface area contributed by atoms with Crippen molar-refractivity contribution in [3.05, 3.63) is 44.6 Å². The van der Waals surface area contributed by atoms with Gasteiger partial charge in [0.15, 0.2) is 0 Å². The Hall–Kier alpha value is -0.890. The summed E-state index contributed by atoms with van der Waals surface area (Å²) in [4.78, 5) is 1.48. The zero-order valence-corrected chi connectivity index (χ0v) is 14.3. The molecule has 2 N–H and O–H groups in total. The van der Waals surface area contributed by atoms with Gasteiger partial charge in [-0.25, -0.2) is 13.1 Å². The molecule has 0 radical (unpaired) electrons. The molecule has 7 heteroatoms. The van der Waals surface area contributed by atoms with Crippen LogP contribution in [0.5, 0.6) is 0 Å². The number of sulfonamides is 1. The van der Waals surface area contributed by atoms with Crippen LogP contribution in [0.3, 0.4) is 0 Å². The van der Waals surface area contributed by atoms with Gasteiger partial charge in [0, 0.05) is 17.1 Å². The van der Waals surface area contributed by atoms with Gasteiger partial charge in [0.25, 0.3) is 0 Å². The molecule has 0 atom stereocenters. The maximum Gasteiger partial charge on any atom is 0.240 e. The lowest BCUT2D eigenvalue weighted by molar-refractivity contribution is 0.587. The van der Waals surface area contributed by atoms with Gasteiger partial charge in [-0.1, -0.05) is 6.07 Å². The normalized spacial score (nSPS) is 11.6. The molecule has 4 nitrogen and oxygen atoms in total. The molecule has 20 heavy (non-hydrogen) atoms. The predicted molar refractivity (Wildman–Crippen MR) is 86.8 cm³/mol. The Morgan fingerprint density at radius 1 is 1.25 bits per heavy atom. The second-order valence-electron chi connectivity index (χ2n) is 4.25. The number of anilines is 1. The molecule has 0 spiro atoms. The lowest BCUT2D eigenvalue weighted by Gasteiger charge is -2.10. The highest BCUT2D eigenvalue weighted by atomic mass is 79.9. The SMILES string of the molecule is CNS(=O)(=O)c1cc(NCc2ccc(Br)s2)ccc1C. The van der Waals surface area contributed by atoms with E-state index in [4.69, 9.17) is 0 Å². The van der Waals surface area contributed by atoms with Crippen molar-refractivity contribution < 1.29 is 8.42 Å². The van der Waals surface area contributed by atoms with Gasteiger partial charge < -0.3 is 5.32 Å². The highest BCUT2D eigenvalue weighted by Gasteiger charge is 2.14. The quantitative estimate of drug-likeness (QED) is 0.843.